The van der Waals surface area contributed by atoms with Gasteiger partial charge in [0.15, 0.2) is 9.84 Å². The van der Waals surface area contributed by atoms with Crippen LogP contribution in [0.1, 0.15) is 39.2 Å². The van der Waals surface area contributed by atoms with Crippen LogP contribution in [0, 0.1) is 0 Å². The van der Waals surface area contributed by atoms with Gasteiger partial charge in [-0.3, -0.25) is 0 Å². The lowest BCUT2D eigenvalue weighted by Crippen LogP contribution is -2.44. The van der Waals surface area contributed by atoms with Crippen molar-refractivity contribution in [3.8, 4) is 5.75 Å². The Kier molecular flexibility index (Phi) is 6.31. The molecule has 0 atom stereocenters. The first-order valence-corrected chi connectivity index (χ1v) is 13.2. The monoisotopic (exact) mass is 472 g/mol. The summed E-state index contributed by atoms with van der Waals surface area (Å²) < 4.78 is 35.3. The number of fused-ring (bicyclic) bond motifs is 1. The highest BCUT2D eigenvalue weighted by molar-refractivity contribution is 7.90. The van der Waals surface area contributed by atoms with Gasteiger partial charge in [-0.25, -0.2) is 13.2 Å². The van der Waals surface area contributed by atoms with E-state index in [0.717, 1.165) is 48.5 Å². The largest absolute Gasteiger partial charge is 0.490 e. The molecule has 0 spiro atoms. The fraction of sp³-hybridized carbons (Fsp3) is 0.480. The molecule has 0 aliphatic carbocycles. The van der Waals surface area contributed by atoms with Crippen LogP contribution in [0.4, 0.5) is 16.2 Å². The lowest BCUT2D eigenvalue weighted by Gasteiger charge is -2.33. The minimum Gasteiger partial charge on any atom is -0.490 e. The zero-order valence-electron chi connectivity index (χ0n) is 19.7. The van der Waals surface area contributed by atoms with E-state index in [-0.39, 0.29) is 12.2 Å². The third-order valence-electron chi connectivity index (χ3n) is 5.92. The van der Waals surface area contributed by atoms with Crippen molar-refractivity contribution in [3.05, 3.63) is 48.0 Å². The highest BCUT2D eigenvalue weighted by Gasteiger charge is 2.28. The van der Waals surface area contributed by atoms with E-state index >= 15 is 0 Å². The van der Waals surface area contributed by atoms with E-state index < -0.39 is 15.4 Å². The molecule has 2 aromatic carbocycles. The minimum absolute atomic E-state index is 0.0662. The zero-order chi connectivity index (χ0) is 23.8. The summed E-state index contributed by atoms with van der Waals surface area (Å²) in [7, 11) is -3.21. The van der Waals surface area contributed by atoms with Gasteiger partial charge in [-0.05, 0) is 75.2 Å². The Bertz CT molecular complexity index is 1110. The maximum Gasteiger partial charge on any atom is 0.410 e. The quantitative estimate of drug-likeness (QED) is 0.649. The number of hydrogen-bond acceptors (Lipinski definition) is 6. The Morgan fingerprint density at radius 3 is 2.27 bits per heavy atom. The summed E-state index contributed by atoms with van der Waals surface area (Å²) in [5, 5.41) is 0. The normalized spacial score (nSPS) is 17.1. The van der Waals surface area contributed by atoms with Crippen LogP contribution in [0.25, 0.3) is 0 Å². The number of amides is 1. The van der Waals surface area contributed by atoms with Gasteiger partial charge in [0.2, 0.25) is 0 Å². The number of ether oxygens (including phenoxy) is 2. The van der Waals surface area contributed by atoms with Crippen molar-refractivity contribution in [2.75, 3.05) is 30.8 Å². The molecule has 4 rings (SSSR count). The number of hydrogen-bond donors (Lipinski definition) is 0. The zero-order valence-corrected chi connectivity index (χ0v) is 20.5. The molecular weight excluding hydrogens is 440 g/mol. The van der Waals surface area contributed by atoms with Crippen LogP contribution >= 0.6 is 0 Å². The summed E-state index contributed by atoms with van der Waals surface area (Å²) in [6, 6.07) is 13.4. The molecule has 8 heteroatoms. The summed E-state index contributed by atoms with van der Waals surface area (Å²) in [4.78, 5) is 16.5. The molecule has 2 aliphatic heterocycles. The Labute approximate surface area is 196 Å². The molecule has 0 bridgehead atoms. The third kappa shape index (κ3) is 5.61. The highest BCUT2D eigenvalue weighted by Crippen LogP contribution is 2.36. The van der Waals surface area contributed by atoms with Gasteiger partial charge in [0, 0.05) is 50.1 Å². The minimum atomic E-state index is -3.21. The number of carbonyl (C=O) groups is 1. The molecule has 2 heterocycles. The van der Waals surface area contributed by atoms with Crippen LogP contribution in [0.3, 0.4) is 0 Å². The molecule has 7 nitrogen and oxygen atoms in total. The van der Waals surface area contributed by atoms with E-state index in [1.807, 2.05) is 51.1 Å². The van der Waals surface area contributed by atoms with Gasteiger partial charge in [-0.2, -0.15) is 0 Å². The maximum absolute atomic E-state index is 12.2. The third-order valence-corrected chi connectivity index (χ3v) is 7.03. The van der Waals surface area contributed by atoms with Crippen molar-refractivity contribution in [3.63, 3.8) is 0 Å². The predicted molar refractivity (Wildman–Crippen MR) is 128 cm³/mol. The van der Waals surface area contributed by atoms with Crippen molar-refractivity contribution in [1.29, 1.82) is 0 Å². The predicted octanol–water partition coefficient (Wildman–Crippen LogP) is 4.56. The van der Waals surface area contributed by atoms with Gasteiger partial charge in [0.25, 0.3) is 0 Å². The first-order valence-electron chi connectivity index (χ1n) is 11.3. The van der Waals surface area contributed by atoms with E-state index in [9.17, 15) is 13.2 Å². The summed E-state index contributed by atoms with van der Waals surface area (Å²) >= 11 is 0. The first-order chi connectivity index (χ1) is 15.5. The number of rotatable bonds is 4. The molecule has 2 aromatic rings. The highest BCUT2D eigenvalue weighted by atomic mass is 32.2. The molecule has 33 heavy (non-hydrogen) atoms. The average molecular weight is 473 g/mol. The van der Waals surface area contributed by atoms with Crippen LogP contribution in [0.2, 0.25) is 0 Å². The van der Waals surface area contributed by atoms with Crippen molar-refractivity contribution in [2.24, 2.45) is 0 Å². The number of nitrogens with zero attached hydrogens (tertiary/aromatic N) is 2. The smallest absolute Gasteiger partial charge is 0.410 e. The standard InChI is InChI=1S/C25H32N2O5S/c1-25(2,3)32-24(28)26-14-12-21(13-15-26)31-20-7-5-19(6-8-20)27-16-11-18-17-22(33(4,29)30)9-10-23(18)27/h5-10,17,21H,11-16H2,1-4H3. The Morgan fingerprint density at radius 1 is 1.00 bits per heavy atom. The lowest BCUT2D eigenvalue weighted by atomic mass is 10.1. The molecule has 1 amide bonds. The Hall–Kier alpha value is -2.74. The lowest BCUT2D eigenvalue weighted by molar-refractivity contribution is 0.0126. The van der Waals surface area contributed by atoms with Gasteiger partial charge in [-0.15, -0.1) is 0 Å². The van der Waals surface area contributed by atoms with Crippen LogP contribution < -0.4 is 9.64 Å². The fourth-order valence-corrected chi connectivity index (χ4v) is 4.93. The SMILES string of the molecule is CC(C)(C)OC(=O)N1CCC(Oc2ccc(N3CCc4cc(S(C)(=O)=O)ccc43)cc2)CC1. The first kappa shape index (κ1) is 23.4. The number of carbonyl (C=O) groups excluding carboxylic acids is 1. The second kappa shape index (κ2) is 8.89. The Morgan fingerprint density at radius 2 is 1.67 bits per heavy atom. The molecule has 1 saturated heterocycles. The molecule has 178 valence electrons. The summed E-state index contributed by atoms with van der Waals surface area (Å²) in [5.41, 5.74) is 2.66. The number of anilines is 2. The molecule has 0 N–H and O–H groups in total. The maximum atomic E-state index is 12.2. The van der Waals surface area contributed by atoms with Crippen molar-refractivity contribution >= 4 is 27.3 Å². The number of benzene rings is 2. The number of likely N-dealkylation sites (tertiary alicyclic amines) is 1. The molecule has 2 aliphatic rings. The van der Waals surface area contributed by atoms with Crippen molar-refractivity contribution < 1.29 is 22.7 Å². The molecule has 0 unspecified atom stereocenters. The molecule has 0 aromatic heterocycles. The average Bonchev–Trinajstić information content (AvgIpc) is 3.16. The van der Waals surface area contributed by atoms with E-state index in [1.54, 1.807) is 17.0 Å². The number of piperidine rings is 1. The van der Waals surface area contributed by atoms with E-state index in [2.05, 4.69) is 4.90 Å². The van der Waals surface area contributed by atoms with Crippen LogP contribution in [-0.2, 0) is 21.0 Å². The molecule has 1 fully saturated rings. The van der Waals surface area contributed by atoms with Crippen molar-refractivity contribution in [1.82, 2.24) is 4.90 Å². The van der Waals surface area contributed by atoms with Gasteiger partial charge >= 0.3 is 6.09 Å². The van der Waals surface area contributed by atoms with E-state index in [1.165, 1.54) is 6.26 Å². The van der Waals surface area contributed by atoms with Gasteiger partial charge in [-0.1, -0.05) is 0 Å². The van der Waals surface area contributed by atoms with Gasteiger partial charge in [0.05, 0.1) is 4.90 Å². The van der Waals surface area contributed by atoms with E-state index in [4.69, 9.17) is 9.47 Å². The topological polar surface area (TPSA) is 76.2 Å². The number of sulfone groups is 1. The molecule has 0 radical (unpaired) electrons. The second-order valence-electron chi connectivity index (χ2n) is 9.74. The van der Waals surface area contributed by atoms with Crippen LogP contribution in [-0.4, -0.2) is 57.0 Å². The molecule has 0 saturated carbocycles. The fourth-order valence-electron chi connectivity index (χ4n) is 4.26. The van der Waals surface area contributed by atoms with Gasteiger partial charge < -0.3 is 19.3 Å². The second-order valence-corrected chi connectivity index (χ2v) is 11.8. The van der Waals surface area contributed by atoms with Crippen molar-refractivity contribution in [2.45, 2.75) is 56.6 Å². The van der Waals surface area contributed by atoms with Crippen LogP contribution in [0.15, 0.2) is 47.4 Å². The summed E-state index contributed by atoms with van der Waals surface area (Å²) in [5.74, 6) is 0.807. The molecular formula is C25H32N2O5S. The Balaban J connectivity index is 1.35. The van der Waals surface area contributed by atoms with Gasteiger partial charge in [0.1, 0.15) is 17.5 Å². The summed E-state index contributed by atoms with van der Waals surface area (Å²) in [6.45, 7) is 7.68. The van der Waals surface area contributed by atoms with E-state index in [0.29, 0.717) is 18.0 Å². The summed E-state index contributed by atoms with van der Waals surface area (Å²) in [6.07, 6.45) is 3.39. The van der Waals surface area contributed by atoms with Crippen LogP contribution in [0.5, 0.6) is 5.75 Å².